The quantitative estimate of drug-likeness (QED) is 0.659. The van der Waals surface area contributed by atoms with Gasteiger partial charge in [-0.05, 0) is 53.3 Å². The van der Waals surface area contributed by atoms with Crippen molar-refractivity contribution < 1.29 is 4.39 Å². The number of hydrogen-bond donors (Lipinski definition) is 1. The van der Waals surface area contributed by atoms with Gasteiger partial charge in [0.1, 0.15) is 5.82 Å². The summed E-state index contributed by atoms with van der Waals surface area (Å²) in [5, 5.41) is 0. The smallest absolute Gasteiger partial charge is 0.267 e. The van der Waals surface area contributed by atoms with E-state index in [1.807, 2.05) is 22.6 Å². The van der Waals surface area contributed by atoms with Crippen molar-refractivity contribution in [1.29, 1.82) is 0 Å². The largest absolute Gasteiger partial charge is 0.399 e. The van der Waals surface area contributed by atoms with Crippen LogP contribution < -0.4 is 11.3 Å². The van der Waals surface area contributed by atoms with Crippen LogP contribution in [-0.2, 0) is 6.54 Å². The average Bonchev–Trinajstić information content (AvgIpc) is 2.29. The Labute approximate surface area is 117 Å². The molecular formula is C12H11FIN3O. The Bertz CT molecular complexity index is 634. The summed E-state index contributed by atoms with van der Waals surface area (Å²) in [7, 11) is 0. The highest BCUT2D eigenvalue weighted by Crippen LogP contribution is 2.12. The summed E-state index contributed by atoms with van der Waals surface area (Å²) in [4.78, 5) is 16.1. The molecule has 1 heterocycles. The molecule has 0 bridgehead atoms. The van der Waals surface area contributed by atoms with Crippen LogP contribution in [0.25, 0.3) is 0 Å². The summed E-state index contributed by atoms with van der Waals surface area (Å²) in [6.45, 7) is 2.03. The fourth-order valence-electron chi connectivity index (χ4n) is 1.62. The fraction of sp³-hybridized carbons (Fsp3) is 0.167. The fourth-order valence-corrected chi connectivity index (χ4v) is 2.07. The predicted molar refractivity (Wildman–Crippen MR) is 75.9 cm³/mol. The Morgan fingerprint density at radius 3 is 2.83 bits per heavy atom. The molecule has 1 aromatic heterocycles. The van der Waals surface area contributed by atoms with Gasteiger partial charge in [-0.2, -0.15) is 0 Å². The number of anilines is 1. The van der Waals surface area contributed by atoms with E-state index < -0.39 is 5.82 Å². The minimum atomic E-state index is -0.409. The number of hydrogen-bond acceptors (Lipinski definition) is 3. The summed E-state index contributed by atoms with van der Waals surface area (Å²) < 4.78 is 15.2. The summed E-state index contributed by atoms with van der Waals surface area (Å²) >= 11 is 1.96. The van der Waals surface area contributed by atoms with E-state index >= 15 is 0 Å². The van der Waals surface area contributed by atoms with Crippen LogP contribution in [-0.4, -0.2) is 9.55 Å². The third-order valence-electron chi connectivity index (χ3n) is 2.49. The van der Waals surface area contributed by atoms with Gasteiger partial charge < -0.3 is 5.73 Å². The molecule has 2 aromatic rings. The second-order valence-corrected chi connectivity index (χ2v) is 5.05. The molecule has 94 valence electrons. The van der Waals surface area contributed by atoms with Gasteiger partial charge >= 0.3 is 0 Å². The molecule has 4 nitrogen and oxygen atoms in total. The van der Waals surface area contributed by atoms with Crippen LogP contribution in [0.2, 0.25) is 0 Å². The standard InChI is InChI=1S/C12H11FIN3O/c1-7-11(14)12(18)17(6-16-7)5-8-2-9(13)4-10(15)3-8/h2-4,6H,5,15H2,1H3. The summed E-state index contributed by atoms with van der Waals surface area (Å²) in [6, 6.07) is 4.24. The van der Waals surface area contributed by atoms with Crippen LogP contribution in [0.5, 0.6) is 0 Å². The van der Waals surface area contributed by atoms with E-state index in [2.05, 4.69) is 4.98 Å². The van der Waals surface area contributed by atoms with E-state index in [1.54, 1.807) is 13.0 Å². The zero-order valence-corrected chi connectivity index (χ0v) is 11.8. The van der Waals surface area contributed by atoms with E-state index in [-0.39, 0.29) is 12.1 Å². The number of halogens is 2. The van der Waals surface area contributed by atoms with E-state index in [0.717, 1.165) is 0 Å². The van der Waals surface area contributed by atoms with Gasteiger partial charge in [0.2, 0.25) is 0 Å². The first kappa shape index (κ1) is 13.0. The predicted octanol–water partition coefficient (Wildman–Crippen LogP) is 1.93. The van der Waals surface area contributed by atoms with Crippen LogP contribution in [0.4, 0.5) is 10.1 Å². The topological polar surface area (TPSA) is 60.9 Å². The zero-order chi connectivity index (χ0) is 13.3. The number of aromatic nitrogens is 2. The van der Waals surface area contributed by atoms with Gasteiger partial charge in [0.25, 0.3) is 5.56 Å². The molecule has 0 saturated heterocycles. The van der Waals surface area contributed by atoms with E-state index in [1.165, 1.54) is 23.0 Å². The molecule has 2 rings (SSSR count). The summed E-state index contributed by atoms with van der Waals surface area (Å²) in [5.41, 5.74) is 7.09. The lowest BCUT2D eigenvalue weighted by molar-refractivity contribution is 0.622. The van der Waals surface area contributed by atoms with Crippen molar-refractivity contribution in [3.05, 3.63) is 55.5 Å². The van der Waals surface area contributed by atoms with Gasteiger partial charge in [0, 0.05) is 5.69 Å². The first-order valence-electron chi connectivity index (χ1n) is 5.24. The minimum absolute atomic E-state index is 0.133. The molecule has 18 heavy (non-hydrogen) atoms. The highest BCUT2D eigenvalue weighted by molar-refractivity contribution is 14.1. The van der Waals surface area contributed by atoms with Gasteiger partial charge in [0.05, 0.1) is 22.1 Å². The monoisotopic (exact) mass is 359 g/mol. The highest BCUT2D eigenvalue weighted by atomic mass is 127. The second kappa shape index (κ2) is 5.05. The van der Waals surface area contributed by atoms with Gasteiger partial charge in [-0.3, -0.25) is 9.36 Å². The third-order valence-corrected chi connectivity index (χ3v) is 3.73. The Morgan fingerprint density at radius 2 is 2.17 bits per heavy atom. The zero-order valence-electron chi connectivity index (χ0n) is 9.65. The summed E-state index contributed by atoms with van der Waals surface area (Å²) in [6.07, 6.45) is 1.46. The number of benzene rings is 1. The molecule has 0 aliphatic heterocycles. The maximum atomic E-state index is 13.2. The van der Waals surface area contributed by atoms with Gasteiger partial charge in [-0.25, -0.2) is 9.37 Å². The van der Waals surface area contributed by atoms with Crippen LogP contribution in [0.1, 0.15) is 11.3 Å². The molecule has 0 spiro atoms. The van der Waals surface area contributed by atoms with E-state index in [4.69, 9.17) is 5.73 Å². The molecule has 6 heteroatoms. The first-order chi connectivity index (χ1) is 8.47. The summed E-state index contributed by atoms with van der Waals surface area (Å²) in [5.74, 6) is -0.409. The highest BCUT2D eigenvalue weighted by Gasteiger charge is 2.06. The van der Waals surface area contributed by atoms with Crippen LogP contribution in [0.3, 0.4) is 0 Å². The molecule has 0 unspecified atom stereocenters. The first-order valence-corrected chi connectivity index (χ1v) is 6.31. The van der Waals surface area contributed by atoms with Gasteiger partial charge in [-0.1, -0.05) is 0 Å². The molecule has 1 aromatic carbocycles. The molecule has 0 amide bonds. The van der Waals surface area contributed by atoms with Crippen molar-refractivity contribution >= 4 is 28.3 Å². The SMILES string of the molecule is Cc1ncn(Cc2cc(N)cc(F)c2)c(=O)c1I. The second-order valence-electron chi connectivity index (χ2n) is 3.97. The van der Waals surface area contributed by atoms with Crippen LogP contribution in [0.15, 0.2) is 29.3 Å². The van der Waals surface area contributed by atoms with Crippen molar-refractivity contribution in [1.82, 2.24) is 9.55 Å². The lowest BCUT2D eigenvalue weighted by Crippen LogP contribution is -2.24. The Balaban J connectivity index is 2.40. The van der Waals surface area contributed by atoms with E-state index in [9.17, 15) is 9.18 Å². The Kier molecular flexibility index (Phi) is 3.65. The maximum absolute atomic E-state index is 13.2. The van der Waals surface area contributed by atoms with Crippen molar-refractivity contribution in [2.75, 3.05) is 5.73 Å². The van der Waals surface area contributed by atoms with Crippen LogP contribution in [0, 0.1) is 16.3 Å². The molecular weight excluding hydrogens is 348 g/mol. The minimum Gasteiger partial charge on any atom is -0.399 e. The number of nitrogen functional groups attached to an aromatic ring is 1. The van der Waals surface area contributed by atoms with Crippen molar-refractivity contribution in [2.24, 2.45) is 0 Å². The normalized spacial score (nSPS) is 10.6. The van der Waals surface area contributed by atoms with Gasteiger partial charge in [-0.15, -0.1) is 0 Å². The molecule has 0 atom stereocenters. The lowest BCUT2D eigenvalue weighted by atomic mass is 10.2. The van der Waals surface area contributed by atoms with Crippen molar-refractivity contribution in [3.8, 4) is 0 Å². The van der Waals surface area contributed by atoms with Crippen LogP contribution >= 0.6 is 22.6 Å². The molecule has 0 aliphatic carbocycles. The molecule has 0 fully saturated rings. The van der Waals surface area contributed by atoms with Crippen molar-refractivity contribution in [3.63, 3.8) is 0 Å². The Hall–Kier alpha value is -1.44. The average molecular weight is 359 g/mol. The molecule has 0 aliphatic rings. The van der Waals surface area contributed by atoms with Crippen molar-refractivity contribution in [2.45, 2.75) is 13.5 Å². The maximum Gasteiger partial charge on any atom is 0.267 e. The number of nitrogens with two attached hydrogens (primary N) is 1. The number of aryl methyl sites for hydroxylation is 1. The third kappa shape index (κ3) is 2.69. The molecule has 2 N–H and O–H groups in total. The van der Waals surface area contributed by atoms with Gasteiger partial charge in [0.15, 0.2) is 0 Å². The Morgan fingerprint density at radius 1 is 1.44 bits per heavy atom. The lowest BCUT2D eigenvalue weighted by Gasteiger charge is -2.08. The molecule has 0 saturated carbocycles. The molecule has 0 radical (unpaired) electrons. The number of nitrogens with zero attached hydrogens (tertiary/aromatic N) is 2. The number of rotatable bonds is 2. The van der Waals surface area contributed by atoms with E-state index in [0.29, 0.717) is 20.5 Å².